The van der Waals surface area contributed by atoms with Crippen molar-refractivity contribution in [2.45, 2.75) is 6.54 Å². The Balaban J connectivity index is 1.50. The average Bonchev–Trinajstić information content (AvgIpc) is 2.64. The quantitative estimate of drug-likeness (QED) is 0.532. The van der Waals surface area contributed by atoms with E-state index in [0.29, 0.717) is 6.54 Å². The number of para-hydroxylation sites is 1. The van der Waals surface area contributed by atoms with E-state index in [0.717, 1.165) is 27.1 Å². The number of hydrogen-bond acceptors (Lipinski definition) is 2. The second kappa shape index (κ2) is 8.35. The highest BCUT2D eigenvalue weighted by molar-refractivity contribution is 9.10. The molecular formula is C20H18BrN3O. The van der Waals surface area contributed by atoms with Crippen molar-refractivity contribution in [3.8, 4) is 0 Å². The maximum Gasteiger partial charge on any atom is 0.319 e. The Morgan fingerprint density at radius 1 is 0.760 bits per heavy atom. The van der Waals surface area contributed by atoms with Crippen LogP contribution in [0, 0.1) is 0 Å². The summed E-state index contributed by atoms with van der Waals surface area (Å²) in [7, 11) is 0. The van der Waals surface area contributed by atoms with Gasteiger partial charge in [0.05, 0.1) is 0 Å². The fraction of sp³-hybridized carbons (Fsp3) is 0.0500. The van der Waals surface area contributed by atoms with Crippen LogP contribution in [0.2, 0.25) is 0 Å². The Hall–Kier alpha value is -2.79. The van der Waals surface area contributed by atoms with Crippen molar-refractivity contribution in [2.75, 3.05) is 10.6 Å². The van der Waals surface area contributed by atoms with E-state index < -0.39 is 0 Å². The van der Waals surface area contributed by atoms with Crippen molar-refractivity contribution in [3.63, 3.8) is 0 Å². The van der Waals surface area contributed by atoms with Crippen LogP contribution in [0.5, 0.6) is 0 Å². The molecule has 126 valence electrons. The van der Waals surface area contributed by atoms with Crippen LogP contribution in [-0.2, 0) is 6.54 Å². The predicted octanol–water partition coefficient (Wildman–Crippen LogP) is 5.51. The van der Waals surface area contributed by atoms with Crippen molar-refractivity contribution in [2.24, 2.45) is 0 Å². The van der Waals surface area contributed by atoms with Gasteiger partial charge < -0.3 is 16.0 Å². The summed E-state index contributed by atoms with van der Waals surface area (Å²) in [5.74, 6) is 0. The molecule has 25 heavy (non-hydrogen) atoms. The molecule has 0 unspecified atom stereocenters. The minimum Gasteiger partial charge on any atom is -0.356 e. The molecule has 3 rings (SSSR count). The van der Waals surface area contributed by atoms with Crippen molar-refractivity contribution < 1.29 is 4.79 Å². The van der Waals surface area contributed by atoms with Crippen LogP contribution < -0.4 is 16.0 Å². The maximum absolute atomic E-state index is 12.0. The van der Waals surface area contributed by atoms with Crippen LogP contribution in [0.15, 0.2) is 83.3 Å². The van der Waals surface area contributed by atoms with Gasteiger partial charge >= 0.3 is 6.03 Å². The highest BCUT2D eigenvalue weighted by Crippen LogP contribution is 2.18. The van der Waals surface area contributed by atoms with Crippen LogP contribution in [-0.4, -0.2) is 6.03 Å². The van der Waals surface area contributed by atoms with E-state index in [1.54, 1.807) is 0 Å². The van der Waals surface area contributed by atoms with Crippen molar-refractivity contribution in [1.29, 1.82) is 0 Å². The predicted molar refractivity (Wildman–Crippen MR) is 106 cm³/mol. The SMILES string of the molecule is O=C(NCc1ccc(Br)cc1)Nc1ccc(Nc2ccccc2)cc1. The standard InChI is InChI=1S/C20H18BrN3O/c21-16-8-6-15(7-9-16)14-22-20(25)24-19-12-10-18(11-13-19)23-17-4-2-1-3-5-17/h1-13,23H,14H2,(H2,22,24,25). The summed E-state index contributed by atoms with van der Waals surface area (Å²) in [5, 5.41) is 8.97. The molecule has 0 heterocycles. The van der Waals surface area contributed by atoms with Crippen LogP contribution in [0.1, 0.15) is 5.56 Å². The number of carbonyl (C=O) groups is 1. The van der Waals surface area contributed by atoms with E-state index >= 15 is 0 Å². The molecule has 0 aromatic heterocycles. The molecule has 0 saturated heterocycles. The Kier molecular flexibility index (Phi) is 5.69. The Morgan fingerprint density at radius 2 is 1.36 bits per heavy atom. The molecule has 0 spiro atoms. The van der Waals surface area contributed by atoms with Gasteiger partial charge in [-0.3, -0.25) is 0 Å². The van der Waals surface area contributed by atoms with E-state index in [1.807, 2.05) is 78.9 Å². The largest absolute Gasteiger partial charge is 0.356 e. The molecule has 0 aliphatic carbocycles. The molecule has 0 bridgehead atoms. The molecule has 0 fully saturated rings. The monoisotopic (exact) mass is 395 g/mol. The Morgan fingerprint density at radius 3 is 2.04 bits per heavy atom. The summed E-state index contributed by atoms with van der Waals surface area (Å²) >= 11 is 3.39. The molecule has 0 saturated carbocycles. The lowest BCUT2D eigenvalue weighted by Crippen LogP contribution is -2.28. The van der Waals surface area contributed by atoms with Gasteiger partial charge in [-0.2, -0.15) is 0 Å². The van der Waals surface area contributed by atoms with Gasteiger partial charge in [0.25, 0.3) is 0 Å². The average molecular weight is 396 g/mol. The van der Waals surface area contributed by atoms with Crippen molar-refractivity contribution in [3.05, 3.63) is 88.9 Å². The Bertz CT molecular complexity index is 818. The smallest absolute Gasteiger partial charge is 0.319 e. The van der Waals surface area contributed by atoms with Crippen molar-refractivity contribution >= 4 is 39.0 Å². The summed E-state index contributed by atoms with van der Waals surface area (Å²) in [5.41, 5.74) is 3.77. The van der Waals surface area contributed by atoms with Gasteiger partial charge in [0, 0.05) is 28.1 Å². The number of halogens is 1. The number of anilines is 3. The Labute approximate surface area is 155 Å². The van der Waals surface area contributed by atoms with E-state index in [4.69, 9.17) is 0 Å². The molecule has 5 heteroatoms. The van der Waals surface area contributed by atoms with Gasteiger partial charge in [-0.05, 0) is 54.1 Å². The van der Waals surface area contributed by atoms with Crippen LogP contribution in [0.3, 0.4) is 0 Å². The highest BCUT2D eigenvalue weighted by Gasteiger charge is 2.02. The summed E-state index contributed by atoms with van der Waals surface area (Å²) in [4.78, 5) is 12.0. The second-order valence-electron chi connectivity index (χ2n) is 5.50. The van der Waals surface area contributed by atoms with E-state index in [9.17, 15) is 4.79 Å². The molecule has 3 N–H and O–H groups in total. The number of hydrogen-bond donors (Lipinski definition) is 3. The number of urea groups is 1. The fourth-order valence-corrected chi connectivity index (χ4v) is 2.55. The molecule has 4 nitrogen and oxygen atoms in total. The summed E-state index contributed by atoms with van der Waals surface area (Å²) in [6, 6.07) is 25.1. The fourth-order valence-electron chi connectivity index (χ4n) is 2.28. The molecular weight excluding hydrogens is 378 g/mol. The molecule has 0 radical (unpaired) electrons. The van der Waals surface area contributed by atoms with Gasteiger partial charge in [0.2, 0.25) is 0 Å². The van der Waals surface area contributed by atoms with Crippen molar-refractivity contribution in [1.82, 2.24) is 5.32 Å². The third-order valence-electron chi connectivity index (χ3n) is 3.57. The van der Waals surface area contributed by atoms with Crippen LogP contribution in [0.25, 0.3) is 0 Å². The summed E-state index contributed by atoms with van der Waals surface area (Å²) < 4.78 is 1.02. The minimum atomic E-state index is -0.230. The summed E-state index contributed by atoms with van der Waals surface area (Å²) in [6.07, 6.45) is 0. The number of benzene rings is 3. The number of amides is 2. The van der Waals surface area contributed by atoms with Crippen LogP contribution >= 0.6 is 15.9 Å². The summed E-state index contributed by atoms with van der Waals surface area (Å²) in [6.45, 7) is 0.479. The van der Waals surface area contributed by atoms with Gasteiger partial charge in [-0.25, -0.2) is 4.79 Å². The molecule has 3 aromatic rings. The number of nitrogens with one attached hydrogen (secondary N) is 3. The first-order chi connectivity index (χ1) is 12.2. The first-order valence-corrected chi connectivity index (χ1v) is 8.70. The lowest BCUT2D eigenvalue weighted by atomic mass is 10.2. The normalized spacial score (nSPS) is 10.1. The van der Waals surface area contributed by atoms with Gasteiger partial charge in [-0.15, -0.1) is 0 Å². The number of rotatable bonds is 5. The van der Waals surface area contributed by atoms with Gasteiger partial charge in [0.15, 0.2) is 0 Å². The molecule has 2 amide bonds. The zero-order chi connectivity index (χ0) is 17.5. The molecule has 3 aromatic carbocycles. The van der Waals surface area contributed by atoms with Gasteiger partial charge in [0.1, 0.15) is 0 Å². The molecule has 0 aliphatic heterocycles. The van der Waals surface area contributed by atoms with E-state index in [2.05, 4.69) is 31.9 Å². The molecule has 0 aliphatic rings. The first kappa shape index (κ1) is 17.0. The zero-order valence-electron chi connectivity index (χ0n) is 13.5. The third kappa shape index (κ3) is 5.36. The molecule has 0 atom stereocenters. The lowest BCUT2D eigenvalue weighted by Gasteiger charge is -2.10. The highest BCUT2D eigenvalue weighted by atomic mass is 79.9. The second-order valence-corrected chi connectivity index (χ2v) is 6.42. The number of carbonyl (C=O) groups excluding carboxylic acids is 1. The zero-order valence-corrected chi connectivity index (χ0v) is 15.1. The van der Waals surface area contributed by atoms with E-state index in [-0.39, 0.29) is 6.03 Å². The van der Waals surface area contributed by atoms with Gasteiger partial charge in [-0.1, -0.05) is 46.3 Å². The topological polar surface area (TPSA) is 53.2 Å². The lowest BCUT2D eigenvalue weighted by molar-refractivity contribution is 0.251. The maximum atomic E-state index is 12.0. The van der Waals surface area contributed by atoms with Crippen LogP contribution in [0.4, 0.5) is 21.9 Å². The van der Waals surface area contributed by atoms with E-state index in [1.165, 1.54) is 0 Å². The first-order valence-electron chi connectivity index (χ1n) is 7.90. The minimum absolute atomic E-state index is 0.230. The third-order valence-corrected chi connectivity index (χ3v) is 4.10.